The van der Waals surface area contributed by atoms with Gasteiger partial charge in [-0.2, -0.15) is 0 Å². The summed E-state index contributed by atoms with van der Waals surface area (Å²) in [6.45, 7) is 2.70. The average Bonchev–Trinajstić information content (AvgIpc) is 3.19. The van der Waals surface area contributed by atoms with Crippen LogP contribution in [0.4, 0.5) is 0 Å². The second-order valence-corrected chi connectivity index (χ2v) is 12.1. The number of halogens is 4. The molecule has 2 aromatic carbocycles. The summed E-state index contributed by atoms with van der Waals surface area (Å²) in [5, 5.41) is -1.31. The molecule has 16 heteroatoms. The van der Waals surface area contributed by atoms with Gasteiger partial charge in [0.1, 0.15) is 18.8 Å². The molecule has 4 rings (SSSR count). The number of hydrogen-bond acceptors (Lipinski definition) is 10. The highest BCUT2D eigenvalue weighted by molar-refractivity contribution is 7.85. The van der Waals surface area contributed by atoms with Crippen LogP contribution in [0.15, 0.2) is 35.2 Å². The Morgan fingerprint density at radius 1 is 0.810 bits per heavy atom. The van der Waals surface area contributed by atoms with Crippen molar-refractivity contribution < 1.29 is 47.1 Å². The molecule has 0 spiro atoms. The number of ether oxygens (including phenoxy) is 4. The molecule has 0 N–H and O–H groups in total. The van der Waals surface area contributed by atoms with Crippen molar-refractivity contribution >= 4 is 86.9 Å². The van der Waals surface area contributed by atoms with E-state index in [4.69, 9.17) is 65.4 Å². The molecule has 2 heterocycles. The summed E-state index contributed by atoms with van der Waals surface area (Å²) in [4.78, 5) is 64.8. The standard InChI is InChI=1S/C26H21Cl4NO10S/c1-10(32)38-9-14-22(39-11(2)33)23(40-12(3)34)21(26(41-14)42(37)13-7-5-4-6-8-13)31-24(35)15-16(25(31)36)18(28)20(30)19(29)17(15)27/h4-8,14,21-23,26H,9H2,1-3H3/t14-,21-,22-,23-,26+,42-/m1/s1. The number of esters is 3. The van der Waals surface area contributed by atoms with E-state index >= 15 is 0 Å². The highest BCUT2D eigenvalue weighted by Gasteiger charge is 2.59. The zero-order valence-corrected chi connectivity index (χ0v) is 25.8. The minimum absolute atomic E-state index is 0.213. The van der Waals surface area contributed by atoms with Crippen LogP contribution in [0.25, 0.3) is 0 Å². The molecule has 0 radical (unpaired) electrons. The molecule has 0 unspecified atom stereocenters. The SMILES string of the molecule is CC(=O)OC[C@H]1O[C@@H]([S@](=O)c2ccccc2)[C@H](N2C(=O)c3c(Cl)c(Cl)c(Cl)c(Cl)c3C2=O)[C@@H](OC(C)=O)[C@@H]1OC(C)=O. The first-order valence-electron chi connectivity index (χ1n) is 12.1. The molecule has 1 fully saturated rings. The average molecular weight is 681 g/mol. The fourth-order valence-corrected chi connectivity index (χ4v) is 7.14. The number of carbonyl (C=O) groups is 5. The van der Waals surface area contributed by atoms with Crippen molar-refractivity contribution in [3.05, 3.63) is 61.5 Å². The predicted octanol–water partition coefficient (Wildman–Crippen LogP) is 4.22. The lowest BCUT2D eigenvalue weighted by atomic mass is 9.96. The smallest absolute Gasteiger partial charge is 0.303 e. The number of imide groups is 1. The number of nitrogens with zero attached hydrogens (tertiary/aromatic N) is 1. The van der Waals surface area contributed by atoms with Gasteiger partial charge in [0, 0.05) is 25.7 Å². The molecule has 2 amide bonds. The van der Waals surface area contributed by atoms with Gasteiger partial charge >= 0.3 is 17.9 Å². The van der Waals surface area contributed by atoms with Crippen molar-refractivity contribution in [3.8, 4) is 0 Å². The van der Waals surface area contributed by atoms with E-state index in [9.17, 15) is 28.2 Å². The minimum Gasteiger partial charge on any atom is -0.463 e. The van der Waals surface area contributed by atoms with E-state index in [0.29, 0.717) is 4.90 Å². The normalized spacial score (nSPS) is 24.2. The molecule has 2 aliphatic heterocycles. The molecule has 42 heavy (non-hydrogen) atoms. The van der Waals surface area contributed by atoms with E-state index in [2.05, 4.69) is 0 Å². The van der Waals surface area contributed by atoms with Crippen molar-refractivity contribution in [1.82, 2.24) is 4.90 Å². The van der Waals surface area contributed by atoms with E-state index in [1.165, 1.54) is 12.1 Å². The van der Waals surface area contributed by atoms with Crippen LogP contribution in [0.2, 0.25) is 20.1 Å². The molecule has 0 aliphatic carbocycles. The maximum absolute atomic E-state index is 14.0. The van der Waals surface area contributed by atoms with E-state index in [0.717, 1.165) is 20.8 Å². The first-order chi connectivity index (χ1) is 19.8. The Morgan fingerprint density at radius 2 is 1.31 bits per heavy atom. The molecular weight excluding hydrogens is 660 g/mol. The Hall–Kier alpha value is -2.74. The van der Waals surface area contributed by atoms with Gasteiger partial charge in [0.2, 0.25) is 0 Å². The third-order valence-corrected chi connectivity index (χ3v) is 9.64. The van der Waals surface area contributed by atoms with E-state index in [1.54, 1.807) is 18.2 Å². The van der Waals surface area contributed by atoms with Crippen molar-refractivity contribution in [3.63, 3.8) is 0 Å². The van der Waals surface area contributed by atoms with Crippen LogP contribution in [0.5, 0.6) is 0 Å². The molecule has 0 aromatic heterocycles. The molecule has 0 bridgehead atoms. The molecule has 6 atom stereocenters. The first-order valence-corrected chi connectivity index (χ1v) is 14.8. The maximum Gasteiger partial charge on any atom is 0.303 e. The number of benzene rings is 2. The van der Waals surface area contributed by atoms with Crippen molar-refractivity contribution in [1.29, 1.82) is 0 Å². The van der Waals surface area contributed by atoms with Gasteiger partial charge in [0.05, 0.1) is 42.0 Å². The molecule has 11 nitrogen and oxygen atoms in total. The monoisotopic (exact) mass is 679 g/mol. The van der Waals surface area contributed by atoms with Crippen LogP contribution in [0, 0.1) is 0 Å². The summed E-state index contributed by atoms with van der Waals surface area (Å²) < 4.78 is 36.2. The largest absolute Gasteiger partial charge is 0.463 e. The topological polar surface area (TPSA) is 143 Å². The Bertz CT molecular complexity index is 1460. The summed E-state index contributed by atoms with van der Waals surface area (Å²) >= 11 is 25.0. The van der Waals surface area contributed by atoms with Gasteiger partial charge in [-0.3, -0.25) is 33.1 Å². The highest BCUT2D eigenvalue weighted by atomic mass is 35.5. The van der Waals surface area contributed by atoms with Crippen LogP contribution in [0.1, 0.15) is 41.5 Å². The zero-order chi connectivity index (χ0) is 31.0. The Labute approximate surface area is 261 Å². The molecule has 0 saturated carbocycles. The number of carbonyl (C=O) groups excluding carboxylic acids is 5. The van der Waals surface area contributed by atoms with Crippen molar-refractivity contribution in [2.75, 3.05) is 6.61 Å². The Balaban J connectivity index is 1.94. The summed E-state index contributed by atoms with van der Waals surface area (Å²) in [5.41, 5.74) is -2.40. The van der Waals surface area contributed by atoms with Gasteiger partial charge < -0.3 is 18.9 Å². The van der Waals surface area contributed by atoms with Gasteiger partial charge in [-0.1, -0.05) is 64.6 Å². The maximum atomic E-state index is 14.0. The molecule has 1 saturated heterocycles. The summed E-state index contributed by atoms with van der Waals surface area (Å²) in [7, 11) is -2.17. The lowest BCUT2D eigenvalue weighted by molar-refractivity contribution is -0.217. The van der Waals surface area contributed by atoms with Gasteiger partial charge in [-0.05, 0) is 12.1 Å². The van der Waals surface area contributed by atoms with Crippen molar-refractivity contribution in [2.24, 2.45) is 0 Å². The number of rotatable bonds is 7. The third kappa shape index (κ3) is 6.01. The fraction of sp³-hybridized carbons (Fsp3) is 0.346. The van der Waals surface area contributed by atoms with E-state index in [1.807, 2.05) is 0 Å². The second-order valence-electron chi connectivity index (χ2n) is 9.08. The molecular formula is C26H21Cl4NO10S. The lowest BCUT2D eigenvalue weighted by Gasteiger charge is -2.47. The number of amides is 2. The van der Waals surface area contributed by atoms with E-state index in [-0.39, 0.29) is 25.0 Å². The van der Waals surface area contributed by atoms with Crippen LogP contribution < -0.4 is 0 Å². The summed E-state index contributed by atoms with van der Waals surface area (Å²) in [5.74, 6) is -4.56. The molecule has 2 aliphatic rings. The van der Waals surface area contributed by atoms with E-state index < -0.39 is 88.0 Å². The lowest BCUT2D eigenvalue weighted by Crippen LogP contribution is -2.67. The summed E-state index contributed by atoms with van der Waals surface area (Å²) in [6.07, 6.45) is -4.55. The fourth-order valence-electron chi connectivity index (χ4n) is 4.66. The zero-order valence-electron chi connectivity index (χ0n) is 21.9. The quantitative estimate of drug-likeness (QED) is 0.137. The number of hydrogen-bond donors (Lipinski definition) is 0. The van der Waals surface area contributed by atoms with Crippen LogP contribution in [0.3, 0.4) is 0 Å². The Kier molecular flexibility index (Phi) is 9.86. The minimum atomic E-state index is -2.17. The second kappa shape index (κ2) is 12.9. The summed E-state index contributed by atoms with van der Waals surface area (Å²) in [6, 6.07) is 6.18. The molecule has 2 aromatic rings. The van der Waals surface area contributed by atoms with Crippen molar-refractivity contribution in [2.45, 2.75) is 55.5 Å². The van der Waals surface area contributed by atoms with Gasteiger partial charge in [-0.15, -0.1) is 0 Å². The Morgan fingerprint density at radius 3 is 1.79 bits per heavy atom. The van der Waals surface area contributed by atoms with Gasteiger partial charge in [0.25, 0.3) is 11.8 Å². The van der Waals surface area contributed by atoms with Gasteiger partial charge in [-0.25, -0.2) is 0 Å². The van der Waals surface area contributed by atoms with Crippen LogP contribution in [-0.2, 0) is 44.1 Å². The number of fused-ring (bicyclic) bond motifs is 1. The molecule has 224 valence electrons. The van der Waals surface area contributed by atoms with Gasteiger partial charge in [0.15, 0.2) is 17.6 Å². The van der Waals surface area contributed by atoms with Crippen LogP contribution >= 0.6 is 46.4 Å². The predicted molar refractivity (Wildman–Crippen MR) is 150 cm³/mol. The van der Waals surface area contributed by atoms with Crippen LogP contribution in [-0.4, -0.2) is 75.2 Å². The third-order valence-electron chi connectivity index (χ3n) is 6.29. The first kappa shape index (κ1) is 32.2. The highest BCUT2D eigenvalue weighted by Crippen LogP contribution is 2.47.